The lowest BCUT2D eigenvalue weighted by Crippen LogP contribution is -2.26. The van der Waals surface area contributed by atoms with E-state index in [0.29, 0.717) is 5.69 Å². The summed E-state index contributed by atoms with van der Waals surface area (Å²) in [5.74, 6) is -1.23. The number of ether oxygens (including phenoxy) is 2. The number of rotatable bonds is 3. The van der Waals surface area contributed by atoms with E-state index in [0.717, 1.165) is 4.47 Å². The molecule has 5 nitrogen and oxygen atoms in total. The van der Waals surface area contributed by atoms with Crippen molar-refractivity contribution in [3.05, 3.63) is 64.4 Å². The quantitative estimate of drug-likeness (QED) is 0.772. The van der Waals surface area contributed by atoms with Crippen LogP contribution in [-0.4, -0.2) is 26.2 Å². The van der Waals surface area contributed by atoms with E-state index in [1.54, 1.807) is 23.3 Å². The van der Waals surface area contributed by atoms with Crippen molar-refractivity contribution < 1.29 is 19.1 Å². The van der Waals surface area contributed by atoms with Crippen molar-refractivity contribution in [1.82, 2.24) is 0 Å². The fraction of sp³-hybridized carbons (Fsp3) is 0.125. The van der Waals surface area contributed by atoms with E-state index in [1.165, 1.54) is 20.3 Å². The first kappa shape index (κ1) is 16.0. The number of nitrogens with zero attached hydrogens (tertiary/aromatic N) is 1. The Kier molecular flexibility index (Phi) is 5.16. The minimum absolute atomic E-state index is 0.0988. The number of anilines is 1. The maximum atomic E-state index is 12.2. The summed E-state index contributed by atoms with van der Waals surface area (Å²) >= 11 is 3.36. The molecule has 0 saturated carbocycles. The molecule has 2 rings (SSSR count). The molecule has 1 aromatic rings. The van der Waals surface area contributed by atoms with E-state index >= 15 is 0 Å². The molecule has 0 N–H and O–H groups in total. The Hall–Kier alpha value is -2.34. The Balaban J connectivity index is 2.61. The minimum Gasteiger partial charge on any atom is -0.465 e. The van der Waals surface area contributed by atoms with Crippen molar-refractivity contribution in [2.24, 2.45) is 0 Å². The molecule has 0 fully saturated rings. The third-order valence-corrected chi connectivity index (χ3v) is 3.52. The summed E-state index contributed by atoms with van der Waals surface area (Å²) in [4.78, 5) is 25.8. The summed E-state index contributed by atoms with van der Waals surface area (Å²) in [5, 5.41) is 0. The normalized spacial score (nSPS) is 13.9. The second-order valence-corrected chi connectivity index (χ2v) is 5.21. The lowest BCUT2D eigenvalue weighted by atomic mass is 10.1. The smallest absolute Gasteiger partial charge is 0.355 e. The van der Waals surface area contributed by atoms with E-state index < -0.39 is 11.9 Å². The zero-order valence-electron chi connectivity index (χ0n) is 12.1. The number of benzene rings is 1. The first-order valence-electron chi connectivity index (χ1n) is 6.39. The molecule has 1 aliphatic rings. The lowest BCUT2D eigenvalue weighted by molar-refractivity contribution is -0.139. The number of carbonyl (C=O) groups excluding carboxylic acids is 2. The lowest BCUT2D eigenvalue weighted by Gasteiger charge is -2.23. The Bertz CT molecular complexity index is 674. The predicted octanol–water partition coefficient (Wildman–Crippen LogP) is 2.94. The highest BCUT2D eigenvalue weighted by Crippen LogP contribution is 2.27. The summed E-state index contributed by atoms with van der Waals surface area (Å²) in [5.41, 5.74) is 0.939. The van der Waals surface area contributed by atoms with Gasteiger partial charge in [-0.15, -0.1) is 0 Å². The van der Waals surface area contributed by atoms with E-state index in [2.05, 4.69) is 15.9 Å². The Morgan fingerprint density at radius 1 is 1.00 bits per heavy atom. The second-order valence-electron chi connectivity index (χ2n) is 4.29. The van der Waals surface area contributed by atoms with Crippen LogP contribution >= 0.6 is 15.9 Å². The number of halogens is 1. The second kappa shape index (κ2) is 7.09. The highest BCUT2D eigenvalue weighted by atomic mass is 79.9. The van der Waals surface area contributed by atoms with Gasteiger partial charge >= 0.3 is 11.9 Å². The molecule has 22 heavy (non-hydrogen) atoms. The van der Waals surface area contributed by atoms with Gasteiger partial charge in [-0.1, -0.05) is 22.0 Å². The monoisotopic (exact) mass is 363 g/mol. The molecule has 0 radical (unpaired) electrons. The van der Waals surface area contributed by atoms with Crippen LogP contribution in [-0.2, 0) is 19.1 Å². The highest BCUT2D eigenvalue weighted by Gasteiger charge is 2.27. The molecule has 0 aliphatic carbocycles. The van der Waals surface area contributed by atoms with Gasteiger partial charge in [0, 0.05) is 16.4 Å². The van der Waals surface area contributed by atoms with Gasteiger partial charge in [-0.25, -0.2) is 9.59 Å². The van der Waals surface area contributed by atoms with Crippen LogP contribution in [0.5, 0.6) is 0 Å². The third kappa shape index (κ3) is 3.28. The number of hydrogen-bond donors (Lipinski definition) is 0. The van der Waals surface area contributed by atoms with Crippen molar-refractivity contribution in [3.63, 3.8) is 0 Å². The summed E-state index contributed by atoms with van der Waals surface area (Å²) in [7, 11) is 2.53. The van der Waals surface area contributed by atoms with Crippen LogP contribution in [0.25, 0.3) is 0 Å². The van der Waals surface area contributed by atoms with Gasteiger partial charge < -0.3 is 14.4 Å². The van der Waals surface area contributed by atoms with Gasteiger partial charge in [0.25, 0.3) is 0 Å². The Morgan fingerprint density at radius 3 is 2.23 bits per heavy atom. The molecule has 0 amide bonds. The zero-order valence-corrected chi connectivity index (χ0v) is 13.7. The van der Waals surface area contributed by atoms with E-state index in [9.17, 15) is 9.59 Å². The number of esters is 2. The van der Waals surface area contributed by atoms with Crippen LogP contribution in [0.3, 0.4) is 0 Å². The summed E-state index contributed by atoms with van der Waals surface area (Å²) < 4.78 is 10.5. The molecule has 6 heteroatoms. The first-order valence-corrected chi connectivity index (χ1v) is 7.18. The largest absolute Gasteiger partial charge is 0.465 e. The van der Waals surface area contributed by atoms with Crippen molar-refractivity contribution in [1.29, 1.82) is 0 Å². The molecule has 114 valence electrons. The summed E-state index contributed by atoms with van der Waals surface area (Å²) in [6.07, 6.45) is 6.59. The van der Waals surface area contributed by atoms with Gasteiger partial charge in [0.05, 0.1) is 19.8 Å². The van der Waals surface area contributed by atoms with Crippen LogP contribution < -0.4 is 4.90 Å². The van der Waals surface area contributed by atoms with Crippen LogP contribution in [0, 0.1) is 0 Å². The number of allylic oxidation sites excluding steroid dienone is 2. The van der Waals surface area contributed by atoms with E-state index in [-0.39, 0.29) is 11.3 Å². The maximum Gasteiger partial charge on any atom is 0.355 e. The molecule has 0 bridgehead atoms. The minimum atomic E-state index is -0.625. The van der Waals surface area contributed by atoms with E-state index in [1.807, 2.05) is 24.3 Å². The van der Waals surface area contributed by atoms with Crippen molar-refractivity contribution in [3.8, 4) is 0 Å². The fourth-order valence-electron chi connectivity index (χ4n) is 1.97. The average molecular weight is 364 g/mol. The van der Waals surface area contributed by atoms with Crippen molar-refractivity contribution >= 4 is 33.6 Å². The van der Waals surface area contributed by atoms with Gasteiger partial charge in [-0.2, -0.15) is 0 Å². The summed E-state index contributed by atoms with van der Waals surface area (Å²) in [6, 6.07) is 7.32. The molecule has 0 atom stereocenters. The van der Waals surface area contributed by atoms with Gasteiger partial charge in [0.15, 0.2) is 0 Å². The molecule has 0 unspecified atom stereocenters. The first-order chi connectivity index (χ1) is 10.6. The van der Waals surface area contributed by atoms with Gasteiger partial charge in [0.1, 0.15) is 5.70 Å². The molecule has 0 aromatic heterocycles. The molecule has 1 aliphatic heterocycles. The van der Waals surface area contributed by atoms with Crippen LogP contribution in [0.1, 0.15) is 0 Å². The molecular weight excluding hydrogens is 350 g/mol. The molecule has 1 aromatic carbocycles. The average Bonchev–Trinajstić information content (AvgIpc) is 2.77. The van der Waals surface area contributed by atoms with Gasteiger partial charge in [0.2, 0.25) is 0 Å². The van der Waals surface area contributed by atoms with Crippen molar-refractivity contribution in [2.75, 3.05) is 19.1 Å². The number of carbonyl (C=O) groups is 2. The number of methoxy groups -OCH3 is 2. The SMILES string of the molecule is COC(=O)C1=C(C(=O)OC)N(c2ccc(Br)cc2)C=CC=C1. The zero-order chi connectivity index (χ0) is 16.1. The Labute approximate surface area is 136 Å². The van der Waals surface area contributed by atoms with Gasteiger partial charge in [-0.3, -0.25) is 0 Å². The van der Waals surface area contributed by atoms with E-state index in [4.69, 9.17) is 9.47 Å². The topological polar surface area (TPSA) is 55.8 Å². The molecule has 1 heterocycles. The maximum absolute atomic E-state index is 12.2. The van der Waals surface area contributed by atoms with Crippen LogP contribution in [0.4, 0.5) is 5.69 Å². The molecular formula is C16H14BrNO4. The van der Waals surface area contributed by atoms with Crippen LogP contribution in [0.2, 0.25) is 0 Å². The fourth-order valence-corrected chi connectivity index (χ4v) is 2.23. The highest BCUT2D eigenvalue weighted by molar-refractivity contribution is 9.10. The number of hydrogen-bond acceptors (Lipinski definition) is 5. The van der Waals surface area contributed by atoms with Gasteiger partial charge in [-0.05, 0) is 36.4 Å². The van der Waals surface area contributed by atoms with Crippen molar-refractivity contribution in [2.45, 2.75) is 0 Å². The summed E-state index contributed by atoms with van der Waals surface area (Å²) in [6.45, 7) is 0. The molecule has 0 saturated heterocycles. The standard InChI is InChI=1S/C16H14BrNO4/c1-21-15(19)13-5-3-4-10-18(14(13)16(20)22-2)12-8-6-11(17)7-9-12/h3-10H,1-2H3. The Morgan fingerprint density at radius 2 is 1.64 bits per heavy atom. The van der Waals surface area contributed by atoms with Crippen LogP contribution in [0.15, 0.2) is 64.4 Å². The predicted molar refractivity (Wildman–Crippen MR) is 86.0 cm³/mol. The molecule has 0 spiro atoms. The third-order valence-electron chi connectivity index (χ3n) is 2.99.